The first-order chi connectivity index (χ1) is 9.70. The molecule has 0 fully saturated rings. The van der Waals surface area contributed by atoms with Crippen LogP contribution in [0.25, 0.3) is 10.9 Å². The number of nitrogens with zero attached hydrogens (tertiary/aromatic N) is 1. The Balaban J connectivity index is 1.72. The van der Waals surface area contributed by atoms with E-state index in [-0.39, 0.29) is 5.91 Å². The number of aromatic nitrogens is 2. The number of carbonyl (C=O) groups is 1. The van der Waals surface area contributed by atoms with Crippen molar-refractivity contribution in [2.75, 3.05) is 5.32 Å². The maximum Gasteiger partial charge on any atom is 0.229 e. The van der Waals surface area contributed by atoms with Crippen molar-refractivity contribution in [3.63, 3.8) is 0 Å². The summed E-state index contributed by atoms with van der Waals surface area (Å²) < 4.78 is 0. The Morgan fingerprint density at radius 3 is 3.00 bits per heavy atom. The minimum absolute atomic E-state index is 0.0574. The SMILES string of the molecule is Cc1cccc(NC(=O)Cc2ccc3[nH]ccc3c2)n1. The number of benzene rings is 1. The molecule has 2 heterocycles. The molecule has 20 heavy (non-hydrogen) atoms. The Morgan fingerprint density at radius 1 is 1.25 bits per heavy atom. The van der Waals surface area contributed by atoms with Crippen LogP contribution in [0.1, 0.15) is 11.3 Å². The summed E-state index contributed by atoms with van der Waals surface area (Å²) in [6.07, 6.45) is 2.24. The zero-order chi connectivity index (χ0) is 13.9. The van der Waals surface area contributed by atoms with Crippen LogP contribution in [0, 0.1) is 6.92 Å². The summed E-state index contributed by atoms with van der Waals surface area (Å²) in [5.74, 6) is 0.538. The monoisotopic (exact) mass is 265 g/mol. The number of nitrogens with one attached hydrogen (secondary N) is 2. The summed E-state index contributed by atoms with van der Waals surface area (Å²) in [5, 5.41) is 3.93. The highest BCUT2D eigenvalue weighted by molar-refractivity contribution is 5.92. The van der Waals surface area contributed by atoms with Gasteiger partial charge in [0.25, 0.3) is 0 Å². The largest absolute Gasteiger partial charge is 0.361 e. The molecular formula is C16H15N3O. The van der Waals surface area contributed by atoms with Gasteiger partial charge in [-0.25, -0.2) is 4.98 Å². The number of rotatable bonds is 3. The second-order valence-corrected chi connectivity index (χ2v) is 4.79. The molecule has 3 aromatic rings. The van der Waals surface area contributed by atoms with Gasteiger partial charge in [-0.1, -0.05) is 12.1 Å². The smallest absolute Gasteiger partial charge is 0.229 e. The van der Waals surface area contributed by atoms with E-state index in [2.05, 4.69) is 15.3 Å². The number of aromatic amines is 1. The van der Waals surface area contributed by atoms with Gasteiger partial charge in [-0.2, -0.15) is 0 Å². The number of amides is 1. The Morgan fingerprint density at radius 2 is 2.15 bits per heavy atom. The number of anilines is 1. The summed E-state index contributed by atoms with van der Waals surface area (Å²) in [7, 11) is 0. The van der Waals surface area contributed by atoms with Crippen molar-refractivity contribution in [2.24, 2.45) is 0 Å². The molecule has 0 saturated heterocycles. The molecule has 0 radical (unpaired) electrons. The first-order valence-electron chi connectivity index (χ1n) is 6.50. The van der Waals surface area contributed by atoms with Crippen molar-refractivity contribution in [1.29, 1.82) is 0 Å². The van der Waals surface area contributed by atoms with Crippen LogP contribution in [-0.2, 0) is 11.2 Å². The number of hydrogen-bond acceptors (Lipinski definition) is 2. The van der Waals surface area contributed by atoms with Gasteiger partial charge in [0.15, 0.2) is 0 Å². The van der Waals surface area contributed by atoms with E-state index in [1.807, 2.05) is 49.5 Å². The van der Waals surface area contributed by atoms with Crippen LogP contribution in [-0.4, -0.2) is 15.9 Å². The Hall–Kier alpha value is -2.62. The quantitative estimate of drug-likeness (QED) is 0.764. The maximum atomic E-state index is 12.0. The lowest BCUT2D eigenvalue weighted by Gasteiger charge is -2.05. The molecule has 4 nitrogen and oxygen atoms in total. The molecule has 0 unspecified atom stereocenters. The summed E-state index contributed by atoms with van der Waals surface area (Å²) >= 11 is 0. The lowest BCUT2D eigenvalue weighted by molar-refractivity contribution is -0.115. The van der Waals surface area contributed by atoms with E-state index in [1.54, 1.807) is 6.07 Å². The van der Waals surface area contributed by atoms with E-state index in [0.29, 0.717) is 12.2 Å². The molecule has 0 bridgehead atoms. The number of fused-ring (bicyclic) bond motifs is 1. The number of H-pyrrole nitrogens is 1. The lowest BCUT2D eigenvalue weighted by Crippen LogP contribution is -2.15. The van der Waals surface area contributed by atoms with E-state index in [1.165, 1.54) is 0 Å². The Labute approximate surface area is 116 Å². The average molecular weight is 265 g/mol. The third-order valence-corrected chi connectivity index (χ3v) is 3.14. The number of hydrogen-bond donors (Lipinski definition) is 2. The van der Waals surface area contributed by atoms with E-state index < -0.39 is 0 Å². The van der Waals surface area contributed by atoms with Crippen LogP contribution in [0.2, 0.25) is 0 Å². The van der Waals surface area contributed by atoms with Gasteiger partial charge in [0, 0.05) is 17.4 Å². The van der Waals surface area contributed by atoms with Crippen LogP contribution in [0.4, 0.5) is 5.82 Å². The van der Waals surface area contributed by atoms with Gasteiger partial charge >= 0.3 is 0 Å². The number of pyridine rings is 1. The van der Waals surface area contributed by atoms with Crippen molar-refractivity contribution >= 4 is 22.6 Å². The standard InChI is InChI=1S/C16H15N3O/c1-11-3-2-4-15(18-11)19-16(20)10-12-5-6-14-13(9-12)7-8-17-14/h2-9,17H,10H2,1H3,(H,18,19,20). The van der Waals surface area contributed by atoms with Gasteiger partial charge in [0.1, 0.15) is 5.82 Å². The zero-order valence-corrected chi connectivity index (χ0v) is 11.2. The van der Waals surface area contributed by atoms with Crippen molar-refractivity contribution in [2.45, 2.75) is 13.3 Å². The van der Waals surface area contributed by atoms with Crippen molar-refractivity contribution < 1.29 is 4.79 Å². The molecule has 2 N–H and O–H groups in total. The van der Waals surface area contributed by atoms with Gasteiger partial charge in [-0.15, -0.1) is 0 Å². The molecule has 1 aromatic carbocycles. The second-order valence-electron chi connectivity index (χ2n) is 4.79. The fourth-order valence-corrected chi connectivity index (χ4v) is 2.20. The van der Waals surface area contributed by atoms with E-state index in [9.17, 15) is 4.79 Å². The van der Waals surface area contributed by atoms with Crippen molar-refractivity contribution in [3.8, 4) is 0 Å². The summed E-state index contributed by atoms with van der Waals surface area (Å²) in [4.78, 5) is 19.4. The predicted octanol–water partition coefficient (Wildman–Crippen LogP) is 3.05. The zero-order valence-electron chi connectivity index (χ0n) is 11.2. The first kappa shape index (κ1) is 12.4. The molecule has 0 aliphatic rings. The predicted molar refractivity (Wildman–Crippen MR) is 79.6 cm³/mol. The van der Waals surface area contributed by atoms with Crippen LogP contribution in [0.3, 0.4) is 0 Å². The van der Waals surface area contributed by atoms with E-state index in [4.69, 9.17) is 0 Å². The molecule has 0 saturated carbocycles. The highest BCUT2D eigenvalue weighted by atomic mass is 16.1. The number of aryl methyl sites for hydroxylation is 1. The fourth-order valence-electron chi connectivity index (χ4n) is 2.20. The van der Waals surface area contributed by atoms with Crippen LogP contribution in [0.15, 0.2) is 48.7 Å². The topological polar surface area (TPSA) is 57.8 Å². The molecule has 100 valence electrons. The minimum Gasteiger partial charge on any atom is -0.361 e. The van der Waals surface area contributed by atoms with Crippen LogP contribution >= 0.6 is 0 Å². The third-order valence-electron chi connectivity index (χ3n) is 3.14. The number of carbonyl (C=O) groups excluding carboxylic acids is 1. The van der Waals surface area contributed by atoms with Crippen LogP contribution in [0.5, 0.6) is 0 Å². The lowest BCUT2D eigenvalue weighted by atomic mass is 10.1. The average Bonchev–Trinajstić information content (AvgIpc) is 2.86. The molecule has 4 heteroatoms. The molecule has 0 aliphatic carbocycles. The van der Waals surface area contributed by atoms with Crippen molar-refractivity contribution in [1.82, 2.24) is 9.97 Å². The highest BCUT2D eigenvalue weighted by Crippen LogP contribution is 2.15. The van der Waals surface area contributed by atoms with E-state index in [0.717, 1.165) is 22.2 Å². The Kier molecular flexibility index (Phi) is 3.21. The van der Waals surface area contributed by atoms with Gasteiger partial charge < -0.3 is 10.3 Å². The summed E-state index contributed by atoms with van der Waals surface area (Å²) in [6, 6.07) is 13.5. The molecule has 2 aromatic heterocycles. The van der Waals surface area contributed by atoms with Gasteiger partial charge in [-0.3, -0.25) is 4.79 Å². The Bertz CT molecular complexity index is 761. The molecule has 3 rings (SSSR count). The molecule has 0 aliphatic heterocycles. The maximum absolute atomic E-state index is 12.0. The third kappa shape index (κ3) is 2.69. The molecule has 0 spiro atoms. The molecular weight excluding hydrogens is 250 g/mol. The molecule has 0 atom stereocenters. The van der Waals surface area contributed by atoms with E-state index >= 15 is 0 Å². The van der Waals surface area contributed by atoms with Gasteiger partial charge in [-0.05, 0) is 48.2 Å². The van der Waals surface area contributed by atoms with Crippen LogP contribution < -0.4 is 5.32 Å². The normalized spacial score (nSPS) is 10.7. The molecule has 1 amide bonds. The summed E-state index contributed by atoms with van der Waals surface area (Å²) in [5.41, 5.74) is 2.95. The van der Waals surface area contributed by atoms with Gasteiger partial charge in [0.05, 0.1) is 6.42 Å². The van der Waals surface area contributed by atoms with Crippen molar-refractivity contribution in [3.05, 3.63) is 59.9 Å². The fraction of sp³-hybridized carbons (Fsp3) is 0.125. The minimum atomic E-state index is -0.0574. The highest BCUT2D eigenvalue weighted by Gasteiger charge is 2.06. The summed E-state index contributed by atoms with van der Waals surface area (Å²) in [6.45, 7) is 1.90. The van der Waals surface area contributed by atoms with Gasteiger partial charge in [0.2, 0.25) is 5.91 Å². The first-order valence-corrected chi connectivity index (χ1v) is 6.50. The second kappa shape index (κ2) is 5.17.